The first-order valence-electron chi connectivity index (χ1n) is 6.44. The zero-order valence-electron chi connectivity index (χ0n) is 11.8. The molecule has 0 spiro atoms. The fourth-order valence-corrected chi connectivity index (χ4v) is 1.44. The number of anilines is 2. The van der Waals surface area contributed by atoms with Crippen molar-refractivity contribution in [2.75, 3.05) is 24.2 Å². The van der Waals surface area contributed by atoms with Gasteiger partial charge in [-0.3, -0.25) is 0 Å². The molecule has 0 aliphatic carbocycles. The molecule has 0 saturated carbocycles. The van der Waals surface area contributed by atoms with Gasteiger partial charge >= 0.3 is 0 Å². The lowest BCUT2D eigenvalue weighted by atomic mass is 10.0. The van der Waals surface area contributed by atoms with E-state index in [2.05, 4.69) is 30.7 Å². The quantitative estimate of drug-likeness (QED) is 0.713. The van der Waals surface area contributed by atoms with E-state index in [1.807, 2.05) is 6.92 Å². The third-order valence-corrected chi connectivity index (χ3v) is 2.95. The molecule has 1 unspecified atom stereocenters. The lowest BCUT2D eigenvalue weighted by molar-refractivity contribution is 0.0695. The second-order valence-electron chi connectivity index (χ2n) is 4.69. The highest BCUT2D eigenvalue weighted by atomic mass is 16.3. The van der Waals surface area contributed by atoms with Gasteiger partial charge in [-0.05, 0) is 19.4 Å². The summed E-state index contributed by atoms with van der Waals surface area (Å²) >= 11 is 0. The Hall–Kier alpha value is -2.22. The predicted molar refractivity (Wildman–Crippen MR) is 75.9 cm³/mol. The Labute approximate surface area is 117 Å². The minimum absolute atomic E-state index is 0.356. The number of nitrogens with zero attached hydrogens (tertiary/aromatic N) is 5. The molecule has 0 bridgehead atoms. The second kappa shape index (κ2) is 5.83. The highest BCUT2D eigenvalue weighted by molar-refractivity contribution is 5.37. The fourth-order valence-electron chi connectivity index (χ4n) is 1.44. The molecule has 0 amide bonds. The Bertz CT molecular complexity index is 553. The average Bonchev–Trinajstić information content (AvgIpc) is 2.99. The van der Waals surface area contributed by atoms with Crippen molar-refractivity contribution in [3.63, 3.8) is 0 Å². The summed E-state index contributed by atoms with van der Waals surface area (Å²) in [4.78, 5) is 12.7. The van der Waals surface area contributed by atoms with Crippen LogP contribution in [0.2, 0.25) is 0 Å². The molecule has 2 aromatic rings. The van der Waals surface area contributed by atoms with Crippen LogP contribution in [0.25, 0.3) is 5.95 Å². The number of hydrogen-bond acceptors (Lipinski definition) is 7. The molecule has 108 valence electrons. The van der Waals surface area contributed by atoms with E-state index in [0.717, 1.165) is 0 Å². The van der Waals surface area contributed by atoms with Crippen LogP contribution in [0.15, 0.2) is 18.5 Å². The van der Waals surface area contributed by atoms with E-state index >= 15 is 0 Å². The van der Waals surface area contributed by atoms with Crippen LogP contribution in [0.3, 0.4) is 0 Å². The summed E-state index contributed by atoms with van der Waals surface area (Å²) in [6.45, 7) is 4.03. The molecule has 2 aromatic heterocycles. The normalized spacial score (nSPS) is 13.8. The minimum Gasteiger partial charge on any atom is -0.388 e. The monoisotopic (exact) mass is 277 g/mol. The van der Waals surface area contributed by atoms with Crippen LogP contribution in [-0.2, 0) is 0 Å². The molecule has 3 N–H and O–H groups in total. The molecule has 20 heavy (non-hydrogen) atoms. The molecule has 0 aliphatic rings. The molecule has 0 saturated heterocycles. The molecular weight excluding hydrogens is 258 g/mol. The number of aromatic nitrogens is 5. The van der Waals surface area contributed by atoms with E-state index in [9.17, 15) is 5.11 Å². The summed E-state index contributed by atoms with van der Waals surface area (Å²) in [7, 11) is 1.73. The summed E-state index contributed by atoms with van der Waals surface area (Å²) < 4.78 is 1.55. The van der Waals surface area contributed by atoms with Gasteiger partial charge in [0.2, 0.25) is 11.9 Å². The topological polar surface area (TPSA) is 101 Å². The first kappa shape index (κ1) is 14.2. The van der Waals surface area contributed by atoms with Gasteiger partial charge < -0.3 is 15.7 Å². The molecule has 2 rings (SSSR count). The predicted octanol–water partition coefficient (Wildman–Crippen LogP) is 0.672. The maximum Gasteiger partial charge on any atom is 0.257 e. The lowest BCUT2D eigenvalue weighted by Crippen LogP contribution is -2.33. The van der Waals surface area contributed by atoms with E-state index < -0.39 is 5.60 Å². The molecule has 0 radical (unpaired) electrons. The van der Waals surface area contributed by atoms with Crippen LogP contribution < -0.4 is 10.6 Å². The van der Waals surface area contributed by atoms with Crippen molar-refractivity contribution in [2.24, 2.45) is 0 Å². The Kier molecular flexibility index (Phi) is 4.14. The van der Waals surface area contributed by atoms with Crippen LogP contribution in [-0.4, -0.2) is 49.0 Å². The molecule has 2 heterocycles. The maximum atomic E-state index is 10.00. The van der Waals surface area contributed by atoms with Crippen LogP contribution >= 0.6 is 0 Å². The van der Waals surface area contributed by atoms with Crippen molar-refractivity contribution in [1.82, 2.24) is 24.7 Å². The summed E-state index contributed by atoms with van der Waals surface area (Å²) in [6, 6.07) is 1.79. The number of aliphatic hydroxyl groups is 1. The first-order valence-corrected chi connectivity index (χ1v) is 6.44. The number of nitrogens with one attached hydrogen (secondary N) is 2. The van der Waals surface area contributed by atoms with Gasteiger partial charge in [0.25, 0.3) is 5.95 Å². The van der Waals surface area contributed by atoms with E-state index in [1.165, 1.54) is 0 Å². The first-order chi connectivity index (χ1) is 9.54. The molecule has 0 aromatic carbocycles. The Balaban J connectivity index is 2.23. The zero-order valence-corrected chi connectivity index (χ0v) is 11.8. The maximum absolute atomic E-state index is 10.00. The Morgan fingerprint density at radius 3 is 2.65 bits per heavy atom. The van der Waals surface area contributed by atoms with Crippen LogP contribution in [0.1, 0.15) is 20.3 Å². The molecule has 8 heteroatoms. The van der Waals surface area contributed by atoms with Gasteiger partial charge in [-0.2, -0.15) is 20.1 Å². The van der Waals surface area contributed by atoms with Crippen molar-refractivity contribution < 1.29 is 5.11 Å². The Morgan fingerprint density at radius 2 is 2.05 bits per heavy atom. The van der Waals surface area contributed by atoms with Gasteiger partial charge in [0.1, 0.15) is 0 Å². The third kappa shape index (κ3) is 3.41. The molecule has 0 fully saturated rings. The number of hydrogen-bond donors (Lipinski definition) is 3. The van der Waals surface area contributed by atoms with Crippen LogP contribution in [0.5, 0.6) is 0 Å². The van der Waals surface area contributed by atoms with Crippen molar-refractivity contribution in [2.45, 2.75) is 25.9 Å². The van der Waals surface area contributed by atoms with E-state index in [4.69, 9.17) is 0 Å². The highest BCUT2D eigenvalue weighted by Crippen LogP contribution is 2.12. The fraction of sp³-hybridized carbons (Fsp3) is 0.500. The SMILES string of the molecule is CCC(C)(O)CNc1nc(NC)nc(-n2cccn2)n1. The molecular formula is C12H19N7O. The second-order valence-corrected chi connectivity index (χ2v) is 4.69. The molecule has 1 atom stereocenters. The van der Waals surface area contributed by atoms with Gasteiger partial charge in [0.15, 0.2) is 0 Å². The van der Waals surface area contributed by atoms with Crippen LogP contribution in [0, 0.1) is 0 Å². The van der Waals surface area contributed by atoms with Crippen molar-refractivity contribution in [1.29, 1.82) is 0 Å². The van der Waals surface area contributed by atoms with E-state index in [-0.39, 0.29) is 0 Å². The standard InChI is InChI=1S/C12H19N7O/c1-4-12(2,20)8-14-10-16-9(13-3)17-11(18-10)19-7-5-6-15-19/h5-7,20H,4,8H2,1-3H3,(H2,13,14,16,17,18). The summed E-state index contributed by atoms with van der Waals surface area (Å²) in [5, 5.41) is 20.0. The van der Waals surface area contributed by atoms with Gasteiger partial charge in [0.05, 0.1) is 5.60 Å². The van der Waals surface area contributed by atoms with Gasteiger partial charge in [-0.1, -0.05) is 6.92 Å². The van der Waals surface area contributed by atoms with Crippen LogP contribution in [0.4, 0.5) is 11.9 Å². The molecule has 8 nitrogen and oxygen atoms in total. The number of rotatable bonds is 6. The van der Waals surface area contributed by atoms with Gasteiger partial charge in [-0.15, -0.1) is 0 Å². The zero-order chi connectivity index (χ0) is 14.6. The smallest absolute Gasteiger partial charge is 0.257 e. The van der Waals surface area contributed by atoms with Gasteiger partial charge in [0, 0.05) is 26.0 Å². The highest BCUT2D eigenvalue weighted by Gasteiger charge is 2.18. The minimum atomic E-state index is -0.807. The third-order valence-electron chi connectivity index (χ3n) is 2.95. The largest absolute Gasteiger partial charge is 0.388 e. The van der Waals surface area contributed by atoms with Gasteiger partial charge in [-0.25, -0.2) is 4.68 Å². The van der Waals surface area contributed by atoms with Crippen molar-refractivity contribution in [3.05, 3.63) is 18.5 Å². The van der Waals surface area contributed by atoms with E-state index in [1.54, 1.807) is 37.1 Å². The van der Waals surface area contributed by atoms with Crippen molar-refractivity contribution in [3.8, 4) is 5.95 Å². The Morgan fingerprint density at radius 1 is 1.30 bits per heavy atom. The van der Waals surface area contributed by atoms with Crippen molar-refractivity contribution >= 4 is 11.9 Å². The molecule has 0 aliphatic heterocycles. The summed E-state index contributed by atoms with van der Waals surface area (Å²) in [5.41, 5.74) is -0.807. The summed E-state index contributed by atoms with van der Waals surface area (Å²) in [6.07, 6.45) is 4.04. The summed E-state index contributed by atoms with van der Waals surface area (Å²) in [5.74, 6) is 1.24. The lowest BCUT2D eigenvalue weighted by Gasteiger charge is -2.21. The average molecular weight is 277 g/mol. The van der Waals surface area contributed by atoms with E-state index in [0.29, 0.717) is 30.8 Å².